The third kappa shape index (κ3) is 5.68. The van der Waals surface area contributed by atoms with E-state index in [4.69, 9.17) is 37.1 Å². The number of carbonyl (C=O) groups is 2. The zero-order chi connectivity index (χ0) is 22.4. The van der Waals surface area contributed by atoms with E-state index >= 15 is 0 Å². The number of nitrogens with zero attached hydrogens (tertiary/aromatic N) is 1. The van der Waals surface area contributed by atoms with E-state index < -0.39 is 11.8 Å². The van der Waals surface area contributed by atoms with E-state index in [0.29, 0.717) is 44.3 Å². The van der Waals surface area contributed by atoms with Crippen molar-refractivity contribution in [1.82, 2.24) is 15.8 Å². The first-order chi connectivity index (χ1) is 14.9. The van der Waals surface area contributed by atoms with Crippen molar-refractivity contribution in [3.63, 3.8) is 0 Å². The van der Waals surface area contributed by atoms with Gasteiger partial charge in [0, 0.05) is 29.0 Å². The first-order valence-electron chi connectivity index (χ1n) is 9.12. The van der Waals surface area contributed by atoms with Crippen LogP contribution in [0.3, 0.4) is 0 Å². The maximum atomic E-state index is 12.2. The van der Waals surface area contributed by atoms with E-state index in [1.54, 1.807) is 30.3 Å². The quantitative estimate of drug-likeness (QED) is 0.512. The Kier molecular flexibility index (Phi) is 7.38. The monoisotopic (exact) mass is 463 g/mol. The molecule has 0 fully saturated rings. The highest BCUT2D eigenvalue weighted by Crippen LogP contribution is 2.31. The number of benzene rings is 2. The van der Waals surface area contributed by atoms with Crippen molar-refractivity contribution in [1.29, 1.82) is 0 Å². The third-order valence-electron chi connectivity index (χ3n) is 4.28. The molecule has 0 saturated heterocycles. The van der Waals surface area contributed by atoms with Crippen molar-refractivity contribution < 1.29 is 23.5 Å². The number of hydrogen-bond donors (Lipinski definition) is 2. The van der Waals surface area contributed by atoms with E-state index in [1.165, 1.54) is 26.5 Å². The maximum Gasteiger partial charge on any atom is 0.269 e. The molecule has 0 aliphatic rings. The highest BCUT2D eigenvalue weighted by Gasteiger charge is 2.14. The predicted octanol–water partition coefficient (Wildman–Crippen LogP) is 4.06. The smallest absolute Gasteiger partial charge is 0.269 e. The molecule has 10 heteroatoms. The second-order valence-corrected chi connectivity index (χ2v) is 7.16. The molecule has 2 aromatic carbocycles. The molecule has 8 nitrogen and oxygen atoms in total. The van der Waals surface area contributed by atoms with E-state index in [9.17, 15) is 9.59 Å². The minimum absolute atomic E-state index is 0.0561. The fourth-order valence-electron chi connectivity index (χ4n) is 2.70. The number of aryl methyl sites for hydroxylation is 1. The molecule has 0 radical (unpaired) electrons. The van der Waals surface area contributed by atoms with E-state index in [1.807, 2.05) is 0 Å². The highest BCUT2D eigenvalue weighted by atomic mass is 35.5. The number of ether oxygens (including phenoxy) is 2. The molecule has 2 N–H and O–H groups in total. The number of nitrogens with one attached hydrogen (secondary N) is 2. The molecular weight excluding hydrogens is 445 g/mol. The molecule has 1 aromatic heterocycles. The lowest BCUT2D eigenvalue weighted by Gasteiger charge is -2.10. The van der Waals surface area contributed by atoms with E-state index in [2.05, 4.69) is 15.8 Å². The second kappa shape index (κ2) is 10.2. The summed E-state index contributed by atoms with van der Waals surface area (Å²) in [4.78, 5) is 28.5. The number of carbonyl (C=O) groups excluding carboxylic acids is 2. The lowest BCUT2D eigenvalue weighted by atomic mass is 10.2. The number of rotatable bonds is 7. The minimum Gasteiger partial charge on any atom is -0.493 e. The molecule has 1 heterocycles. The Morgan fingerprint density at radius 3 is 2.52 bits per heavy atom. The molecule has 0 spiro atoms. The van der Waals surface area contributed by atoms with Crippen molar-refractivity contribution in [2.45, 2.75) is 12.8 Å². The second-order valence-electron chi connectivity index (χ2n) is 6.31. The maximum absolute atomic E-state index is 12.2. The Balaban J connectivity index is 1.52. The lowest BCUT2D eigenvalue weighted by molar-refractivity contribution is -0.121. The fraction of sp³-hybridized carbons (Fsp3) is 0.190. The van der Waals surface area contributed by atoms with Crippen LogP contribution in [0.5, 0.6) is 11.5 Å². The van der Waals surface area contributed by atoms with Gasteiger partial charge in [-0.2, -0.15) is 0 Å². The fourth-order valence-corrected chi connectivity index (χ4v) is 3.20. The number of oxazole rings is 1. The summed E-state index contributed by atoms with van der Waals surface area (Å²) in [5.41, 5.74) is 5.66. The number of halogens is 2. The van der Waals surface area contributed by atoms with Crippen LogP contribution < -0.4 is 20.3 Å². The Labute approximate surface area is 188 Å². The summed E-state index contributed by atoms with van der Waals surface area (Å²) in [5.74, 6) is 0.833. The van der Waals surface area contributed by atoms with Gasteiger partial charge in [-0.1, -0.05) is 23.2 Å². The number of amides is 2. The van der Waals surface area contributed by atoms with Gasteiger partial charge in [-0.05, 0) is 36.4 Å². The Hall–Kier alpha value is -3.23. The summed E-state index contributed by atoms with van der Waals surface area (Å²) in [5, 5.41) is 0.950. The SMILES string of the molecule is COc1ccc(C(=O)NNC(=O)CCc2ncc(-c3ccc(Cl)cc3Cl)o2)cc1OC. The van der Waals surface area contributed by atoms with Gasteiger partial charge in [0.05, 0.1) is 25.4 Å². The van der Waals surface area contributed by atoms with Crippen molar-refractivity contribution in [2.75, 3.05) is 14.2 Å². The number of hydrogen-bond acceptors (Lipinski definition) is 6. The molecule has 3 aromatic rings. The molecule has 31 heavy (non-hydrogen) atoms. The van der Waals surface area contributed by atoms with Crippen LogP contribution in [-0.2, 0) is 11.2 Å². The van der Waals surface area contributed by atoms with Crippen LogP contribution in [0.1, 0.15) is 22.7 Å². The van der Waals surface area contributed by atoms with Crippen molar-refractivity contribution in [3.8, 4) is 22.8 Å². The van der Waals surface area contributed by atoms with E-state index in [0.717, 1.165) is 0 Å². The van der Waals surface area contributed by atoms with Crippen LogP contribution in [0, 0.1) is 0 Å². The van der Waals surface area contributed by atoms with Gasteiger partial charge in [-0.25, -0.2) is 4.98 Å². The predicted molar refractivity (Wildman–Crippen MR) is 115 cm³/mol. The summed E-state index contributed by atoms with van der Waals surface area (Å²) < 4.78 is 15.9. The van der Waals surface area contributed by atoms with Gasteiger partial charge < -0.3 is 13.9 Å². The van der Waals surface area contributed by atoms with Gasteiger partial charge in [0.25, 0.3) is 5.91 Å². The first kappa shape index (κ1) is 22.5. The molecule has 0 bridgehead atoms. The van der Waals surface area contributed by atoms with Crippen molar-refractivity contribution in [2.24, 2.45) is 0 Å². The standard InChI is InChI=1S/C21H19Cl2N3O5/c1-29-16-6-3-12(9-17(16)30-2)21(28)26-25-19(27)7-8-20-24-11-18(31-20)14-5-4-13(22)10-15(14)23/h3-6,9-11H,7-8H2,1-2H3,(H,25,27)(H,26,28). The van der Waals surface area contributed by atoms with Gasteiger partial charge in [-0.15, -0.1) is 0 Å². The first-order valence-corrected chi connectivity index (χ1v) is 9.88. The average Bonchev–Trinajstić information content (AvgIpc) is 3.24. The summed E-state index contributed by atoms with van der Waals surface area (Å²) in [6, 6.07) is 9.69. The average molecular weight is 464 g/mol. The van der Waals surface area contributed by atoms with Crippen LogP contribution in [0.25, 0.3) is 11.3 Å². The zero-order valence-electron chi connectivity index (χ0n) is 16.7. The Bertz CT molecular complexity index is 1100. The summed E-state index contributed by atoms with van der Waals surface area (Å²) in [7, 11) is 2.97. The van der Waals surface area contributed by atoms with Crippen molar-refractivity contribution >= 4 is 35.0 Å². The third-order valence-corrected chi connectivity index (χ3v) is 4.83. The van der Waals surface area contributed by atoms with Gasteiger partial charge >= 0.3 is 0 Å². The minimum atomic E-state index is -0.495. The van der Waals surface area contributed by atoms with Crippen LogP contribution in [0.15, 0.2) is 47.0 Å². The van der Waals surface area contributed by atoms with Crippen LogP contribution in [0.4, 0.5) is 0 Å². The van der Waals surface area contributed by atoms with Gasteiger partial charge in [0.1, 0.15) is 0 Å². The normalized spacial score (nSPS) is 10.5. The number of methoxy groups -OCH3 is 2. The molecule has 0 aliphatic carbocycles. The Morgan fingerprint density at radius 2 is 1.81 bits per heavy atom. The topological polar surface area (TPSA) is 103 Å². The molecule has 0 aliphatic heterocycles. The van der Waals surface area contributed by atoms with Crippen molar-refractivity contribution in [3.05, 3.63) is 64.1 Å². The summed E-state index contributed by atoms with van der Waals surface area (Å²) >= 11 is 12.1. The summed E-state index contributed by atoms with van der Waals surface area (Å²) in [6.45, 7) is 0. The van der Waals surface area contributed by atoms with Crippen LogP contribution in [-0.4, -0.2) is 31.0 Å². The van der Waals surface area contributed by atoms with Gasteiger partial charge in [0.15, 0.2) is 23.1 Å². The Morgan fingerprint density at radius 1 is 1.03 bits per heavy atom. The highest BCUT2D eigenvalue weighted by molar-refractivity contribution is 6.36. The molecule has 3 rings (SSSR count). The largest absolute Gasteiger partial charge is 0.493 e. The van der Waals surface area contributed by atoms with Gasteiger partial charge in [0.2, 0.25) is 5.91 Å². The van der Waals surface area contributed by atoms with Crippen LogP contribution in [0.2, 0.25) is 10.0 Å². The molecule has 0 saturated carbocycles. The van der Waals surface area contributed by atoms with Gasteiger partial charge in [-0.3, -0.25) is 20.4 Å². The molecule has 162 valence electrons. The van der Waals surface area contributed by atoms with E-state index in [-0.39, 0.29) is 12.8 Å². The molecule has 2 amide bonds. The number of aromatic nitrogens is 1. The van der Waals surface area contributed by atoms with Crippen LogP contribution >= 0.6 is 23.2 Å². The lowest BCUT2D eigenvalue weighted by Crippen LogP contribution is -2.41. The molecule has 0 unspecified atom stereocenters. The number of hydrazine groups is 1. The molecule has 0 atom stereocenters. The summed E-state index contributed by atoms with van der Waals surface area (Å²) in [6.07, 6.45) is 1.82. The zero-order valence-corrected chi connectivity index (χ0v) is 18.2. The molecular formula is C21H19Cl2N3O5.